The van der Waals surface area contributed by atoms with Crippen LogP contribution in [0.2, 0.25) is 0 Å². The van der Waals surface area contributed by atoms with Gasteiger partial charge < -0.3 is 9.64 Å². The number of alkyl halides is 3. The third-order valence-corrected chi connectivity index (χ3v) is 5.00. The highest BCUT2D eigenvalue weighted by atomic mass is 19.4. The van der Waals surface area contributed by atoms with Crippen molar-refractivity contribution in [3.8, 4) is 5.88 Å². The van der Waals surface area contributed by atoms with E-state index in [0.29, 0.717) is 0 Å². The molecule has 1 aliphatic rings. The SMILES string of the molecule is C=C1N(c2ccc(O[C@@H](C)C(F)(F)F)nc2)CCC1(CCC)CCC. The Morgan fingerprint density at radius 1 is 1.28 bits per heavy atom. The lowest BCUT2D eigenvalue weighted by Crippen LogP contribution is -2.31. The number of anilines is 1. The fraction of sp³-hybridized carbons (Fsp3) is 0.632. The second-order valence-corrected chi connectivity index (χ2v) is 6.78. The topological polar surface area (TPSA) is 25.4 Å². The summed E-state index contributed by atoms with van der Waals surface area (Å²) in [5.41, 5.74) is 2.07. The van der Waals surface area contributed by atoms with Gasteiger partial charge in [-0.25, -0.2) is 4.98 Å². The first kappa shape index (κ1) is 19.6. The van der Waals surface area contributed by atoms with E-state index in [1.54, 1.807) is 12.3 Å². The molecule has 140 valence electrons. The minimum atomic E-state index is -4.40. The minimum absolute atomic E-state index is 0.0215. The first-order valence-corrected chi connectivity index (χ1v) is 8.90. The lowest BCUT2D eigenvalue weighted by atomic mass is 9.76. The molecule has 3 nitrogen and oxygen atoms in total. The van der Waals surface area contributed by atoms with Crippen LogP contribution in [0.3, 0.4) is 0 Å². The van der Waals surface area contributed by atoms with E-state index in [2.05, 4.69) is 30.3 Å². The summed E-state index contributed by atoms with van der Waals surface area (Å²) in [5.74, 6) is -0.0215. The summed E-state index contributed by atoms with van der Waals surface area (Å²) in [6.07, 6.45) is 0.759. The molecule has 1 aromatic heterocycles. The standard InChI is InChI=1S/C19H27F3N2O/c1-5-9-18(10-6-2)11-12-24(14(18)3)16-7-8-17(23-13-16)25-15(4)19(20,21)22/h7-8,13,15H,3,5-6,9-12H2,1-2,4H3/t15-/m0/s1. The quantitative estimate of drug-likeness (QED) is 0.624. The summed E-state index contributed by atoms with van der Waals surface area (Å²) in [7, 11) is 0. The molecule has 0 spiro atoms. The number of pyridine rings is 1. The molecule has 1 fully saturated rings. The average molecular weight is 356 g/mol. The van der Waals surface area contributed by atoms with Crippen molar-refractivity contribution in [1.82, 2.24) is 4.98 Å². The fourth-order valence-electron chi connectivity index (χ4n) is 3.65. The summed E-state index contributed by atoms with van der Waals surface area (Å²) >= 11 is 0. The van der Waals surface area contributed by atoms with Gasteiger partial charge in [0, 0.05) is 23.7 Å². The van der Waals surface area contributed by atoms with Crippen LogP contribution in [0.5, 0.6) is 5.88 Å². The van der Waals surface area contributed by atoms with Crippen LogP contribution in [-0.4, -0.2) is 23.8 Å². The van der Waals surface area contributed by atoms with E-state index < -0.39 is 12.3 Å². The Kier molecular flexibility index (Phi) is 6.01. The molecule has 2 rings (SSSR count). The molecule has 0 aliphatic carbocycles. The van der Waals surface area contributed by atoms with Gasteiger partial charge in [-0.3, -0.25) is 0 Å². The zero-order chi connectivity index (χ0) is 18.7. The molecule has 0 bridgehead atoms. The lowest BCUT2D eigenvalue weighted by Gasteiger charge is -2.32. The smallest absolute Gasteiger partial charge is 0.425 e. The molecule has 1 saturated heterocycles. The maximum absolute atomic E-state index is 12.6. The van der Waals surface area contributed by atoms with E-state index >= 15 is 0 Å². The first-order chi connectivity index (χ1) is 11.7. The highest BCUT2D eigenvalue weighted by molar-refractivity contribution is 5.54. The van der Waals surface area contributed by atoms with Crippen molar-refractivity contribution >= 4 is 5.69 Å². The highest BCUT2D eigenvalue weighted by Gasteiger charge is 2.41. The van der Waals surface area contributed by atoms with Crippen LogP contribution in [0, 0.1) is 5.41 Å². The van der Waals surface area contributed by atoms with Gasteiger partial charge in [0.2, 0.25) is 5.88 Å². The van der Waals surface area contributed by atoms with E-state index in [4.69, 9.17) is 4.74 Å². The molecule has 0 radical (unpaired) electrons. The average Bonchev–Trinajstić information content (AvgIpc) is 2.85. The van der Waals surface area contributed by atoms with Gasteiger partial charge in [0.1, 0.15) is 0 Å². The van der Waals surface area contributed by atoms with Crippen molar-refractivity contribution in [3.05, 3.63) is 30.6 Å². The number of nitrogens with zero attached hydrogens (tertiary/aromatic N) is 2. The predicted molar refractivity (Wildman–Crippen MR) is 93.7 cm³/mol. The van der Waals surface area contributed by atoms with E-state index in [1.165, 1.54) is 6.07 Å². The number of aromatic nitrogens is 1. The van der Waals surface area contributed by atoms with Gasteiger partial charge in [-0.15, -0.1) is 0 Å². The maximum Gasteiger partial charge on any atom is 0.425 e. The van der Waals surface area contributed by atoms with Crippen molar-refractivity contribution in [2.75, 3.05) is 11.4 Å². The minimum Gasteiger partial charge on any atom is -0.465 e. The molecular formula is C19H27F3N2O. The molecule has 6 heteroatoms. The third kappa shape index (κ3) is 4.28. The molecule has 0 N–H and O–H groups in total. The van der Waals surface area contributed by atoms with Crippen molar-refractivity contribution in [2.24, 2.45) is 5.41 Å². The van der Waals surface area contributed by atoms with Crippen molar-refractivity contribution < 1.29 is 17.9 Å². The zero-order valence-electron chi connectivity index (χ0n) is 15.2. The maximum atomic E-state index is 12.6. The van der Waals surface area contributed by atoms with Crippen LogP contribution < -0.4 is 9.64 Å². The number of halogens is 3. The Bertz CT molecular complexity index is 577. The van der Waals surface area contributed by atoms with Gasteiger partial charge in [0.25, 0.3) is 0 Å². The van der Waals surface area contributed by atoms with Crippen LogP contribution in [-0.2, 0) is 0 Å². The van der Waals surface area contributed by atoms with Crippen LogP contribution in [0.4, 0.5) is 18.9 Å². The zero-order valence-corrected chi connectivity index (χ0v) is 15.2. The number of ether oxygens (including phenoxy) is 1. The normalized spacial score (nSPS) is 18.5. The van der Waals surface area contributed by atoms with Gasteiger partial charge in [-0.1, -0.05) is 33.3 Å². The summed E-state index contributed by atoms with van der Waals surface area (Å²) in [6.45, 7) is 10.5. The molecule has 0 saturated carbocycles. The van der Waals surface area contributed by atoms with Crippen molar-refractivity contribution in [1.29, 1.82) is 0 Å². The second-order valence-electron chi connectivity index (χ2n) is 6.78. The van der Waals surface area contributed by atoms with E-state index in [9.17, 15) is 13.2 Å². The van der Waals surface area contributed by atoms with Crippen LogP contribution in [0.1, 0.15) is 52.9 Å². The molecule has 0 amide bonds. The van der Waals surface area contributed by atoms with Gasteiger partial charge in [-0.05, 0) is 32.3 Å². The predicted octanol–water partition coefficient (Wildman–Crippen LogP) is 5.72. The second kappa shape index (κ2) is 7.67. The van der Waals surface area contributed by atoms with Crippen LogP contribution in [0.25, 0.3) is 0 Å². The summed E-state index contributed by atoms with van der Waals surface area (Å²) in [6, 6.07) is 3.25. The Balaban J connectivity index is 2.11. The van der Waals surface area contributed by atoms with E-state index in [1.807, 2.05) is 0 Å². The molecule has 0 unspecified atom stereocenters. The van der Waals surface area contributed by atoms with Crippen LogP contribution in [0.15, 0.2) is 30.6 Å². The Hall–Kier alpha value is -1.72. The van der Waals surface area contributed by atoms with Crippen molar-refractivity contribution in [3.63, 3.8) is 0 Å². The largest absolute Gasteiger partial charge is 0.465 e. The number of hydrogen-bond acceptors (Lipinski definition) is 3. The third-order valence-electron chi connectivity index (χ3n) is 5.00. The summed E-state index contributed by atoms with van der Waals surface area (Å²) in [4.78, 5) is 6.18. The van der Waals surface area contributed by atoms with Gasteiger partial charge in [0.05, 0.1) is 11.9 Å². The van der Waals surface area contributed by atoms with Gasteiger partial charge in [-0.2, -0.15) is 13.2 Å². The molecule has 1 atom stereocenters. The highest BCUT2D eigenvalue weighted by Crippen LogP contribution is 2.48. The monoisotopic (exact) mass is 356 g/mol. The van der Waals surface area contributed by atoms with Crippen LogP contribution >= 0.6 is 0 Å². The molecular weight excluding hydrogens is 329 g/mol. The molecule has 0 aromatic carbocycles. The Labute approximate surface area is 147 Å². The molecule has 25 heavy (non-hydrogen) atoms. The first-order valence-electron chi connectivity index (χ1n) is 8.90. The lowest BCUT2D eigenvalue weighted by molar-refractivity contribution is -0.189. The number of hydrogen-bond donors (Lipinski definition) is 0. The number of allylic oxidation sites excluding steroid dienone is 1. The van der Waals surface area contributed by atoms with Crippen molar-refractivity contribution in [2.45, 2.75) is 65.2 Å². The molecule has 1 aliphatic heterocycles. The molecule has 1 aromatic rings. The van der Waals surface area contributed by atoms with Gasteiger partial charge >= 0.3 is 6.18 Å². The summed E-state index contributed by atoms with van der Waals surface area (Å²) < 4.78 is 42.6. The number of rotatable bonds is 7. The van der Waals surface area contributed by atoms with E-state index in [-0.39, 0.29) is 11.3 Å². The summed E-state index contributed by atoms with van der Waals surface area (Å²) in [5, 5.41) is 0. The Morgan fingerprint density at radius 2 is 1.92 bits per heavy atom. The molecule has 2 heterocycles. The Morgan fingerprint density at radius 3 is 2.40 bits per heavy atom. The fourth-order valence-corrected chi connectivity index (χ4v) is 3.65. The van der Waals surface area contributed by atoms with Gasteiger partial charge in [0.15, 0.2) is 6.10 Å². The van der Waals surface area contributed by atoms with E-state index in [0.717, 1.165) is 57.0 Å².